The summed E-state index contributed by atoms with van der Waals surface area (Å²) in [6.45, 7) is 10.0. The van der Waals surface area contributed by atoms with E-state index in [0.29, 0.717) is 26.0 Å². The molecule has 1 aromatic rings. The van der Waals surface area contributed by atoms with Crippen molar-refractivity contribution in [2.75, 3.05) is 6.54 Å². The van der Waals surface area contributed by atoms with Gasteiger partial charge in [0.1, 0.15) is 17.4 Å². The summed E-state index contributed by atoms with van der Waals surface area (Å²) in [4.78, 5) is 24.8. The van der Waals surface area contributed by atoms with E-state index in [1.54, 1.807) is 20.8 Å². The molecule has 0 saturated heterocycles. The van der Waals surface area contributed by atoms with Crippen LogP contribution in [0.4, 0.5) is 4.79 Å². The molecule has 0 spiro atoms. The van der Waals surface area contributed by atoms with Crippen molar-refractivity contribution in [3.05, 3.63) is 24.8 Å². The van der Waals surface area contributed by atoms with Crippen molar-refractivity contribution in [1.82, 2.24) is 10.6 Å². The van der Waals surface area contributed by atoms with Crippen LogP contribution in [0.1, 0.15) is 46.6 Å². The number of nitrogens with one attached hydrogen (secondary N) is 2. The second kappa shape index (κ2) is 10.7. The van der Waals surface area contributed by atoms with Crippen molar-refractivity contribution in [3.63, 3.8) is 0 Å². The molecule has 0 unspecified atom stereocenters. The van der Waals surface area contributed by atoms with Gasteiger partial charge in [-0.2, -0.15) is 0 Å². The number of benzene rings is 1. The lowest BCUT2D eigenvalue weighted by Gasteiger charge is -2.23. The van der Waals surface area contributed by atoms with Crippen LogP contribution in [0.2, 0.25) is 0 Å². The predicted octanol–water partition coefficient (Wildman–Crippen LogP) is 4.20. The van der Waals surface area contributed by atoms with E-state index in [1.165, 1.54) is 0 Å². The van der Waals surface area contributed by atoms with Gasteiger partial charge in [0.2, 0.25) is 5.91 Å². The Morgan fingerprint density at radius 2 is 1.74 bits per heavy atom. The molecule has 0 aliphatic carbocycles. The molecule has 152 valence electrons. The lowest BCUT2D eigenvalue weighted by Crippen LogP contribution is -2.49. The molecule has 1 aromatic carbocycles. The number of alkyl carbamates (subject to hydrolysis) is 1. The quantitative estimate of drug-likeness (QED) is 0.409. The zero-order valence-corrected chi connectivity index (χ0v) is 20.7. The summed E-state index contributed by atoms with van der Waals surface area (Å²) >= 11 is 4.09. The van der Waals surface area contributed by atoms with Crippen LogP contribution in [0.25, 0.3) is 0 Å². The van der Waals surface area contributed by atoms with Gasteiger partial charge in [0.25, 0.3) is 0 Å². The standard InChI is InChI=1S/C19H28I2N2O4/c1-11(2)6-7-22-17(25)15(23-18(26)27-19(3,4)5)10-12-8-13(20)16(24)14(21)9-12/h8-9,11,15,24H,6-7,10H2,1-5H3,(H,22,25)(H,23,26)/t15-/m0/s1. The minimum Gasteiger partial charge on any atom is -0.506 e. The van der Waals surface area contributed by atoms with Crippen LogP contribution in [0.5, 0.6) is 5.75 Å². The first-order chi connectivity index (χ1) is 12.4. The smallest absolute Gasteiger partial charge is 0.408 e. The van der Waals surface area contributed by atoms with Crippen molar-refractivity contribution in [3.8, 4) is 5.75 Å². The van der Waals surface area contributed by atoms with Gasteiger partial charge >= 0.3 is 6.09 Å². The number of aromatic hydroxyl groups is 1. The molecule has 27 heavy (non-hydrogen) atoms. The average molecular weight is 602 g/mol. The third kappa shape index (κ3) is 9.31. The molecular weight excluding hydrogens is 574 g/mol. The van der Waals surface area contributed by atoms with E-state index in [0.717, 1.165) is 12.0 Å². The molecule has 0 fully saturated rings. The Hall–Kier alpha value is -0.780. The van der Waals surface area contributed by atoms with Crippen LogP contribution in [0.3, 0.4) is 0 Å². The second-order valence-electron chi connectivity index (χ2n) is 7.78. The van der Waals surface area contributed by atoms with Crippen LogP contribution < -0.4 is 10.6 Å². The fourth-order valence-corrected chi connectivity index (χ4v) is 4.13. The Morgan fingerprint density at radius 1 is 1.19 bits per heavy atom. The van der Waals surface area contributed by atoms with Crippen molar-refractivity contribution in [2.24, 2.45) is 5.92 Å². The zero-order chi connectivity index (χ0) is 20.8. The number of carbonyl (C=O) groups excluding carboxylic acids is 2. The van der Waals surface area contributed by atoms with Gasteiger partial charge in [-0.25, -0.2) is 4.79 Å². The number of carbonyl (C=O) groups is 2. The molecule has 1 atom stereocenters. The molecule has 6 nitrogen and oxygen atoms in total. The Kier molecular flexibility index (Phi) is 9.59. The van der Waals surface area contributed by atoms with E-state index in [2.05, 4.69) is 24.5 Å². The topological polar surface area (TPSA) is 87.7 Å². The number of phenolic OH excluding ortho intramolecular Hbond substituents is 1. The van der Waals surface area contributed by atoms with Crippen molar-refractivity contribution in [2.45, 2.75) is 59.1 Å². The highest BCUT2D eigenvalue weighted by molar-refractivity contribution is 14.1. The summed E-state index contributed by atoms with van der Waals surface area (Å²) in [5.41, 5.74) is 0.202. The molecule has 1 rings (SSSR count). The SMILES string of the molecule is CC(C)CCNC(=O)[C@H](Cc1cc(I)c(O)c(I)c1)NC(=O)OC(C)(C)C. The number of amides is 2. The first-order valence-corrected chi connectivity index (χ1v) is 11.0. The normalized spacial score (nSPS) is 12.6. The Labute approximate surface area is 188 Å². The van der Waals surface area contributed by atoms with Gasteiger partial charge in [-0.15, -0.1) is 0 Å². The number of ether oxygens (including phenoxy) is 1. The maximum atomic E-state index is 12.6. The van der Waals surface area contributed by atoms with Crippen LogP contribution in [-0.2, 0) is 16.0 Å². The van der Waals surface area contributed by atoms with E-state index in [-0.39, 0.29) is 11.7 Å². The average Bonchev–Trinajstić information content (AvgIpc) is 2.49. The molecule has 0 aliphatic heterocycles. The van der Waals surface area contributed by atoms with Crippen LogP contribution in [0, 0.1) is 13.1 Å². The molecule has 0 aromatic heterocycles. The first kappa shape index (κ1) is 24.3. The van der Waals surface area contributed by atoms with Gasteiger partial charge in [0.15, 0.2) is 0 Å². The number of rotatable bonds is 7. The number of hydrogen-bond acceptors (Lipinski definition) is 4. The molecular formula is C19H28I2N2O4. The van der Waals surface area contributed by atoms with Gasteiger partial charge in [-0.1, -0.05) is 13.8 Å². The first-order valence-electron chi connectivity index (χ1n) is 8.83. The lowest BCUT2D eigenvalue weighted by atomic mass is 10.0. The summed E-state index contributed by atoms with van der Waals surface area (Å²) in [5, 5.41) is 15.5. The van der Waals surface area contributed by atoms with Crippen LogP contribution in [0.15, 0.2) is 12.1 Å². The monoisotopic (exact) mass is 602 g/mol. The molecule has 0 aliphatic rings. The minimum atomic E-state index is -0.761. The van der Waals surface area contributed by atoms with Gasteiger partial charge < -0.3 is 20.5 Å². The highest BCUT2D eigenvalue weighted by Crippen LogP contribution is 2.27. The summed E-state index contributed by atoms with van der Waals surface area (Å²) in [7, 11) is 0. The minimum absolute atomic E-state index is 0.220. The van der Waals surface area contributed by atoms with E-state index in [1.807, 2.05) is 57.3 Å². The summed E-state index contributed by atoms with van der Waals surface area (Å²) in [6.07, 6.45) is 0.536. The highest BCUT2D eigenvalue weighted by atomic mass is 127. The van der Waals surface area contributed by atoms with Gasteiger partial charge in [0.05, 0.1) is 7.14 Å². The van der Waals surface area contributed by atoms with Crippen LogP contribution >= 0.6 is 45.2 Å². The Balaban J connectivity index is 2.92. The fraction of sp³-hybridized carbons (Fsp3) is 0.579. The van der Waals surface area contributed by atoms with E-state index >= 15 is 0 Å². The molecule has 0 radical (unpaired) electrons. The molecule has 2 amide bonds. The lowest BCUT2D eigenvalue weighted by molar-refractivity contribution is -0.123. The molecule has 3 N–H and O–H groups in total. The largest absolute Gasteiger partial charge is 0.506 e. The summed E-state index contributed by atoms with van der Waals surface area (Å²) in [5.74, 6) is 0.445. The predicted molar refractivity (Wildman–Crippen MR) is 123 cm³/mol. The van der Waals surface area contributed by atoms with Gasteiger partial charge in [0, 0.05) is 13.0 Å². The van der Waals surface area contributed by atoms with E-state index in [9.17, 15) is 14.7 Å². The maximum absolute atomic E-state index is 12.6. The molecule has 0 saturated carbocycles. The number of phenols is 1. The highest BCUT2D eigenvalue weighted by Gasteiger charge is 2.25. The van der Waals surface area contributed by atoms with E-state index < -0.39 is 17.7 Å². The molecule has 8 heteroatoms. The number of halogens is 2. The Morgan fingerprint density at radius 3 is 2.22 bits per heavy atom. The summed E-state index contributed by atoms with van der Waals surface area (Å²) < 4.78 is 6.69. The van der Waals surface area contributed by atoms with Gasteiger partial charge in [-0.3, -0.25) is 4.79 Å². The zero-order valence-electron chi connectivity index (χ0n) is 16.4. The number of hydrogen-bond donors (Lipinski definition) is 3. The second-order valence-corrected chi connectivity index (χ2v) is 10.1. The van der Waals surface area contributed by atoms with E-state index in [4.69, 9.17) is 4.74 Å². The fourth-order valence-electron chi connectivity index (χ4n) is 2.24. The third-order valence-electron chi connectivity index (χ3n) is 3.54. The summed E-state index contributed by atoms with van der Waals surface area (Å²) in [6, 6.07) is 2.86. The van der Waals surface area contributed by atoms with Gasteiger partial charge in [-0.05, 0) is 96.0 Å². The van der Waals surface area contributed by atoms with Crippen LogP contribution in [-0.4, -0.2) is 35.3 Å². The Bertz CT molecular complexity index is 649. The van der Waals surface area contributed by atoms with Crippen molar-refractivity contribution < 1.29 is 19.4 Å². The van der Waals surface area contributed by atoms with Crippen molar-refractivity contribution in [1.29, 1.82) is 0 Å². The maximum Gasteiger partial charge on any atom is 0.408 e. The molecule has 0 heterocycles. The third-order valence-corrected chi connectivity index (χ3v) is 5.19. The molecule has 0 bridgehead atoms. The van der Waals surface area contributed by atoms with Crippen molar-refractivity contribution >= 4 is 57.2 Å².